The van der Waals surface area contributed by atoms with Crippen LogP contribution in [0.5, 0.6) is 11.5 Å². The molecule has 0 saturated carbocycles. The Morgan fingerprint density at radius 2 is 1.60 bits per heavy atom. The van der Waals surface area contributed by atoms with E-state index in [-0.39, 0.29) is 63.0 Å². The van der Waals surface area contributed by atoms with Crippen molar-refractivity contribution in [1.29, 1.82) is 0 Å². The molecule has 3 aliphatic rings. The molecule has 3 atom stereocenters. The molecule has 14 heteroatoms. The summed E-state index contributed by atoms with van der Waals surface area (Å²) in [5.74, 6) is -1.80. The van der Waals surface area contributed by atoms with Crippen LogP contribution >= 0.6 is 0 Å². The standard InChI is InChI=1S/C36H43N7O7/c1-23(2)30-33(46)41-28(21-25-7-5-4-6-8-25)32(45)39-17-20-49-26-9-11-27(12-10-26)50-36(35(48)40-24(3)31(44)42-30)13-18-43(19-14-36)34(47)29-22-37-15-16-38-29/h4-12,15-16,22-24,28,30H,13-14,17-21H2,1-3H3,(H,39,45)(H,40,48)(H,41,46)(H,42,44)/t24-,28+,30-/m1/s1. The van der Waals surface area contributed by atoms with Crippen molar-refractivity contribution in [3.05, 3.63) is 84.4 Å². The normalized spacial score (nSPS) is 22.0. The van der Waals surface area contributed by atoms with Gasteiger partial charge in [0.1, 0.15) is 41.9 Å². The van der Waals surface area contributed by atoms with E-state index in [0.717, 1.165) is 5.56 Å². The molecule has 0 aliphatic carbocycles. The average molecular weight is 686 g/mol. The molecule has 3 aliphatic heterocycles. The van der Waals surface area contributed by atoms with Gasteiger partial charge in [0.2, 0.25) is 17.7 Å². The summed E-state index contributed by atoms with van der Waals surface area (Å²) in [4.78, 5) is 77.2. The number of hydrogen-bond acceptors (Lipinski definition) is 9. The highest BCUT2D eigenvalue weighted by atomic mass is 16.5. The summed E-state index contributed by atoms with van der Waals surface area (Å²) in [6.07, 6.45) is 4.82. The molecular weight excluding hydrogens is 642 g/mol. The van der Waals surface area contributed by atoms with Crippen molar-refractivity contribution in [2.45, 2.75) is 63.8 Å². The van der Waals surface area contributed by atoms with E-state index in [1.54, 1.807) is 43.0 Å². The van der Waals surface area contributed by atoms with E-state index in [0.29, 0.717) is 11.5 Å². The number of nitrogens with zero attached hydrogens (tertiary/aromatic N) is 3. The van der Waals surface area contributed by atoms with Crippen LogP contribution in [0.25, 0.3) is 0 Å². The monoisotopic (exact) mass is 685 g/mol. The number of aromatic nitrogens is 2. The lowest BCUT2D eigenvalue weighted by Crippen LogP contribution is -2.62. The highest BCUT2D eigenvalue weighted by Gasteiger charge is 2.46. The summed E-state index contributed by atoms with van der Waals surface area (Å²) in [5, 5.41) is 11.2. The van der Waals surface area contributed by atoms with E-state index in [4.69, 9.17) is 9.47 Å². The van der Waals surface area contributed by atoms with Crippen molar-refractivity contribution in [3.8, 4) is 11.5 Å². The van der Waals surface area contributed by atoms with Crippen molar-refractivity contribution >= 4 is 29.5 Å². The number of carbonyl (C=O) groups is 5. The predicted molar refractivity (Wildman–Crippen MR) is 182 cm³/mol. The quantitative estimate of drug-likeness (QED) is 0.296. The van der Waals surface area contributed by atoms with E-state index in [1.807, 2.05) is 30.3 Å². The Kier molecular flexibility index (Phi) is 11.6. The fourth-order valence-electron chi connectivity index (χ4n) is 5.84. The summed E-state index contributed by atoms with van der Waals surface area (Å²) >= 11 is 0. The fraction of sp³-hybridized carbons (Fsp3) is 0.417. The van der Waals surface area contributed by atoms with Crippen LogP contribution in [-0.2, 0) is 25.6 Å². The minimum Gasteiger partial charge on any atom is -0.492 e. The summed E-state index contributed by atoms with van der Waals surface area (Å²) in [7, 11) is 0. The molecule has 0 unspecified atom stereocenters. The first-order valence-electron chi connectivity index (χ1n) is 16.7. The molecule has 5 amide bonds. The Morgan fingerprint density at radius 3 is 2.26 bits per heavy atom. The number of fused-ring (bicyclic) bond motifs is 15. The Morgan fingerprint density at radius 1 is 0.900 bits per heavy atom. The van der Waals surface area contributed by atoms with Gasteiger partial charge in [-0.15, -0.1) is 0 Å². The third kappa shape index (κ3) is 8.92. The van der Waals surface area contributed by atoms with Crippen molar-refractivity contribution < 1.29 is 33.4 Å². The first-order chi connectivity index (χ1) is 24.0. The van der Waals surface area contributed by atoms with Gasteiger partial charge in [0.05, 0.1) is 12.7 Å². The second kappa shape index (κ2) is 16.2. The second-order valence-electron chi connectivity index (χ2n) is 12.8. The molecule has 1 saturated heterocycles. The third-order valence-corrected chi connectivity index (χ3v) is 8.76. The van der Waals surface area contributed by atoms with Gasteiger partial charge < -0.3 is 35.6 Å². The molecule has 6 rings (SSSR count). The highest BCUT2D eigenvalue weighted by molar-refractivity contribution is 5.96. The number of amides is 5. The van der Waals surface area contributed by atoms with Gasteiger partial charge >= 0.3 is 0 Å². The van der Waals surface area contributed by atoms with Crippen LogP contribution in [-0.4, -0.2) is 94.4 Å². The molecule has 4 heterocycles. The van der Waals surface area contributed by atoms with Crippen molar-refractivity contribution in [2.75, 3.05) is 26.2 Å². The van der Waals surface area contributed by atoms with Crippen molar-refractivity contribution in [1.82, 2.24) is 36.1 Å². The molecule has 1 fully saturated rings. The predicted octanol–water partition coefficient (Wildman–Crippen LogP) is 1.41. The molecule has 4 N–H and O–H groups in total. The van der Waals surface area contributed by atoms with E-state index in [1.165, 1.54) is 25.5 Å². The molecule has 1 spiro atoms. The Balaban J connectivity index is 1.38. The lowest BCUT2D eigenvalue weighted by molar-refractivity contribution is -0.143. The number of ether oxygens (including phenoxy) is 2. The second-order valence-corrected chi connectivity index (χ2v) is 12.8. The minimum atomic E-state index is -1.42. The van der Waals surface area contributed by atoms with Gasteiger partial charge in [-0.3, -0.25) is 29.0 Å². The van der Waals surface area contributed by atoms with Crippen LogP contribution in [0.1, 0.15) is 49.7 Å². The van der Waals surface area contributed by atoms with E-state index in [9.17, 15) is 24.0 Å². The van der Waals surface area contributed by atoms with Crippen molar-refractivity contribution in [3.63, 3.8) is 0 Å². The van der Waals surface area contributed by atoms with Gasteiger partial charge in [0.15, 0.2) is 5.60 Å². The Hall–Kier alpha value is -5.53. The van der Waals surface area contributed by atoms with E-state index < -0.39 is 47.4 Å². The lowest BCUT2D eigenvalue weighted by Gasteiger charge is -2.41. The van der Waals surface area contributed by atoms with Crippen LogP contribution in [0.4, 0.5) is 0 Å². The van der Waals surface area contributed by atoms with Crippen molar-refractivity contribution in [2.24, 2.45) is 5.92 Å². The number of hydrogen-bond donors (Lipinski definition) is 4. The number of rotatable bonds is 4. The van der Waals surface area contributed by atoms with Gasteiger partial charge in [-0.1, -0.05) is 44.2 Å². The van der Waals surface area contributed by atoms with Gasteiger partial charge in [0.25, 0.3) is 11.8 Å². The van der Waals surface area contributed by atoms with E-state index in [2.05, 4.69) is 31.2 Å². The van der Waals surface area contributed by atoms with Gasteiger partial charge in [-0.2, -0.15) is 0 Å². The molecule has 3 aromatic rings. The number of benzene rings is 2. The van der Waals surface area contributed by atoms with Crippen LogP contribution < -0.4 is 30.7 Å². The molecule has 0 radical (unpaired) electrons. The first kappa shape index (κ1) is 35.8. The van der Waals surface area contributed by atoms with E-state index >= 15 is 0 Å². The smallest absolute Gasteiger partial charge is 0.274 e. The molecule has 2 aromatic carbocycles. The largest absolute Gasteiger partial charge is 0.492 e. The van der Waals surface area contributed by atoms with Crippen LogP contribution in [0, 0.1) is 5.92 Å². The zero-order valence-electron chi connectivity index (χ0n) is 28.4. The molecule has 264 valence electrons. The zero-order chi connectivity index (χ0) is 35.7. The lowest BCUT2D eigenvalue weighted by atomic mass is 9.89. The molecule has 1 aromatic heterocycles. The summed E-state index contributed by atoms with van der Waals surface area (Å²) in [5.41, 5.74) is -0.374. The molecule has 2 bridgehead atoms. The first-order valence-corrected chi connectivity index (χ1v) is 16.7. The minimum absolute atomic E-state index is 0.136. The molecule has 50 heavy (non-hydrogen) atoms. The average Bonchev–Trinajstić information content (AvgIpc) is 3.12. The zero-order valence-corrected chi connectivity index (χ0v) is 28.4. The van der Waals surface area contributed by atoms with Crippen LogP contribution in [0.3, 0.4) is 0 Å². The third-order valence-electron chi connectivity index (χ3n) is 8.76. The summed E-state index contributed by atoms with van der Waals surface area (Å²) < 4.78 is 12.2. The number of carbonyl (C=O) groups excluding carboxylic acids is 5. The summed E-state index contributed by atoms with van der Waals surface area (Å²) in [6, 6.07) is 13.1. The topological polar surface area (TPSA) is 181 Å². The van der Waals surface area contributed by atoms with Crippen LogP contribution in [0.15, 0.2) is 73.2 Å². The number of piperidine rings is 1. The SMILES string of the molecule is CC(C)[C@H]1NC(=O)[C@@H](C)NC(=O)C2(CCN(C(=O)c3cnccn3)CC2)Oc2ccc(cc2)OCCNC(=O)[C@H](Cc2ccccc2)NC1=O. The maximum Gasteiger partial charge on any atom is 0.274 e. The number of likely N-dealkylation sites (tertiary alicyclic amines) is 1. The highest BCUT2D eigenvalue weighted by Crippen LogP contribution is 2.31. The summed E-state index contributed by atoms with van der Waals surface area (Å²) in [6.45, 7) is 5.79. The maximum atomic E-state index is 14.0. The Labute approximate surface area is 290 Å². The van der Waals surface area contributed by atoms with Gasteiger partial charge in [0, 0.05) is 44.7 Å². The van der Waals surface area contributed by atoms with Crippen LogP contribution in [0.2, 0.25) is 0 Å². The number of nitrogens with one attached hydrogen (secondary N) is 4. The Bertz CT molecular complexity index is 1650. The maximum absolute atomic E-state index is 14.0. The fourth-order valence-corrected chi connectivity index (χ4v) is 5.84. The molecule has 14 nitrogen and oxygen atoms in total. The van der Waals surface area contributed by atoms with Gasteiger partial charge in [-0.25, -0.2) is 4.98 Å². The van der Waals surface area contributed by atoms with Gasteiger partial charge in [-0.05, 0) is 42.7 Å². The molecular formula is C36H43N7O7.